The van der Waals surface area contributed by atoms with Crippen LogP contribution in [0.5, 0.6) is 0 Å². The Morgan fingerprint density at radius 2 is 2.12 bits per heavy atom. The van der Waals surface area contributed by atoms with Crippen molar-refractivity contribution in [1.82, 2.24) is 0 Å². The van der Waals surface area contributed by atoms with Gasteiger partial charge < -0.3 is 9.64 Å². The fourth-order valence-electron chi connectivity index (χ4n) is 1.22. The molecule has 1 aromatic rings. The molecule has 1 aromatic carbocycles. The fraction of sp³-hybridized carbons (Fsp3) is 0.364. The zero-order valence-corrected chi connectivity index (χ0v) is 11.2. The summed E-state index contributed by atoms with van der Waals surface area (Å²) in [7, 11) is 0. The molecule has 0 saturated carbocycles. The molecule has 0 N–H and O–H groups in total. The molecule has 0 aliphatic carbocycles. The third-order valence-electron chi connectivity index (χ3n) is 1.97. The van der Waals surface area contributed by atoms with Crippen LogP contribution in [0.4, 0.5) is 5.69 Å². The van der Waals surface area contributed by atoms with Crippen molar-refractivity contribution < 1.29 is 9.53 Å². The van der Waals surface area contributed by atoms with Gasteiger partial charge in [-0.3, -0.25) is 0 Å². The van der Waals surface area contributed by atoms with E-state index >= 15 is 0 Å². The van der Waals surface area contributed by atoms with E-state index in [0.717, 1.165) is 5.69 Å². The number of hydrogen-bond donors (Lipinski definition) is 0. The lowest BCUT2D eigenvalue weighted by molar-refractivity contribution is -0.142. The van der Waals surface area contributed by atoms with Gasteiger partial charge in [-0.1, -0.05) is 45.7 Å². The van der Waals surface area contributed by atoms with Crippen molar-refractivity contribution in [3.63, 3.8) is 0 Å². The van der Waals surface area contributed by atoms with Crippen LogP contribution in [0.3, 0.4) is 0 Å². The number of carbonyl (C=O) groups excluding carboxylic acids is 1. The number of nitrogens with zero attached hydrogens (tertiary/aromatic N) is 1. The first-order chi connectivity index (χ1) is 7.70. The van der Waals surface area contributed by atoms with Crippen LogP contribution in [0.25, 0.3) is 0 Å². The van der Waals surface area contributed by atoms with Gasteiger partial charge >= 0.3 is 5.97 Å². The topological polar surface area (TPSA) is 29.5 Å². The minimum absolute atomic E-state index is 0.326. The smallest absolute Gasteiger partial charge is 0.344 e. The van der Waals surface area contributed by atoms with Crippen LogP contribution >= 0.6 is 27.5 Å². The van der Waals surface area contributed by atoms with Gasteiger partial charge in [0.1, 0.15) is 0 Å². The zero-order valence-electron chi connectivity index (χ0n) is 8.90. The second-order valence-electron chi connectivity index (χ2n) is 3.01. The van der Waals surface area contributed by atoms with Gasteiger partial charge in [0.15, 0.2) is 0 Å². The Morgan fingerprint density at radius 1 is 1.50 bits per heavy atom. The molecular formula is C11H13BrClNO2. The minimum Gasteiger partial charge on any atom is -0.464 e. The first-order valence-electron chi connectivity index (χ1n) is 4.89. The summed E-state index contributed by atoms with van der Waals surface area (Å²) >= 11 is 9.34. The third-order valence-corrected chi connectivity index (χ3v) is 2.93. The first-order valence-corrected chi connectivity index (χ1v) is 6.44. The number of carbonyl (C=O) groups is 1. The summed E-state index contributed by atoms with van der Waals surface area (Å²) in [4.78, 5) is 13.2. The lowest BCUT2D eigenvalue weighted by atomic mass is 10.3. The second kappa shape index (κ2) is 6.76. The van der Waals surface area contributed by atoms with Gasteiger partial charge in [0.05, 0.1) is 12.1 Å². The molecule has 0 radical (unpaired) electrons. The maximum Gasteiger partial charge on any atom is 0.344 e. The van der Waals surface area contributed by atoms with Crippen LogP contribution in [0.2, 0.25) is 0 Å². The second-order valence-corrected chi connectivity index (χ2v) is 3.93. The van der Waals surface area contributed by atoms with Crippen LogP contribution in [-0.2, 0) is 9.53 Å². The quantitative estimate of drug-likeness (QED) is 0.476. The highest BCUT2D eigenvalue weighted by Gasteiger charge is 2.24. The predicted octanol–water partition coefficient (Wildman–Crippen LogP) is 2.97. The molecule has 16 heavy (non-hydrogen) atoms. The molecule has 0 aliphatic heterocycles. The van der Waals surface area contributed by atoms with Gasteiger partial charge in [0.2, 0.25) is 5.50 Å². The number of rotatable bonds is 5. The molecule has 1 atom stereocenters. The monoisotopic (exact) mass is 305 g/mol. The molecule has 1 rings (SSSR count). The van der Waals surface area contributed by atoms with Gasteiger partial charge in [0, 0.05) is 5.69 Å². The van der Waals surface area contributed by atoms with Gasteiger partial charge in [0.25, 0.3) is 0 Å². The molecule has 0 heterocycles. The van der Waals surface area contributed by atoms with E-state index in [1.807, 2.05) is 30.3 Å². The number of halogens is 2. The van der Waals surface area contributed by atoms with Crippen LogP contribution in [-0.4, -0.2) is 23.5 Å². The summed E-state index contributed by atoms with van der Waals surface area (Å²) in [5, 5.41) is 0. The Bertz CT molecular complexity index is 334. The SMILES string of the molecule is CCOC(=O)C(Cl)N(CBr)c1ccccc1. The van der Waals surface area contributed by atoms with E-state index in [-0.39, 0.29) is 0 Å². The number of benzene rings is 1. The van der Waals surface area contributed by atoms with Crippen molar-refractivity contribution in [2.24, 2.45) is 0 Å². The summed E-state index contributed by atoms with van der Waals surface area (Å²) in [5.74, 6) is -0.438. The maximum absolute atomic E-state index is 11.5. The molecular weight excluding hydrogens is 293 g/mol. The minimum atomic E-state index is -0.818. The number of alkyl halides is 2. The number of esters is 1. The Morgan fingerprint density at radius 3 is 2.62 bits per heavy atom. The van der Waals surface area contributed by atoms with Crippen molar-refractivity contribution in [2.75, 3.05) is 17.0 Å². The zero-order chi connectivity index (χ0) is 12.0. The van der Waals surface area contributed by atoms with E-state index in [2.05, 4.69) is 15.9 Å². The number of ether oxygens (including phenoxy) is 1. The van der Waals surface area contributed by atoms with E-state index in [0.29, 0.717) is 12.1 Å². The van der Waals surface area contributed by atoms with Gasteiger partial charge in [-0.15, -0.1) is 0 Å². The van der Waals surface area contributed by atoms with Gasteiger partial charge in [-0.25, -0.2) is 4.79 Å². The lowest BCUT2D eigenvalue weighted by Crippen LogP contribution is -2.37. The molecule has 3 nitrogen and oxygen atoms in total. The molecule has 0 amide bonds. The summed E-state index contributed by atoms with van der Waals surface area (Å²) in [5.41, 5.74) is 0.512. The van der Waals surface area contributed by atoms with Crippen LogP contribution in [0.1, 0.15) is 6.92 Å². The third kappa shape index (κ3) is 3.39. The van der Waals surface area contributed by atoms with Crippen LogP contribution in [0.15, 0.2) is 30.3 Å². The largest absolute Gasteiger partial charge is 0.464 e. The van der Waals surface area contributed by atoms with Crippen LogP contribution < -0.4 is 4.90 Å². The predicted molar refractivity (Wildman–Crippen MR) is 69.0 cm³/mol. The highest BCUT2D eigenvalue weighted by atomic mass is 79.9. The van der Waals surface area contributed by atoms with E-state index in [9.17, 15) is 4.79 Å². The average Bonchev–Trinajstić information content (AvgIpc) is 2.31. The van der Waals surface area contributed by atoms with Crippen molar-refractivity contribution in [1.29, 1.82) is 0 Å². The molecule has 1 unspecified atom stereocenters. The average molecular weight is 307 g/mol. The number of anilines is 1. The van der Waals surface area contributed by atoms with E-state index in [1.165, 1.54) is 0 Å². The number of hydrogen-bond acceptors (Lipinski definition) is 3. The Hall–Kier alpha value is -0.740. The fourth-order valence-corrected chi connectivity index (χ4v) is 2.21. The van der Waals surface area contributed by atoms with Crippen molar-refractivity contribution in [3.8, 4) is 0 Å². The summed E-state index contributed by atoms with van der Waals surface area (Å²) in [6.45, 7) is 2.08. The first kappa shape index (κ1) is 13.3. The van der Waals surface area contributed by atoms with E-state index in [1.54, 1.807) is 11.8 Å². The summed E-state index contributed by atoms with van der Waals surface area (Å²) < 4.78 is 4.87. The normalized spacial score (nSPS) is 11.9. The lowest BCUT2D eigenvalue weighted by Gasteiger charge is -2.25. The van der Waals surface area contributed by atoms with Crippen molar-refractivity contribution in [3.05, 3.63) is 30.3 Å². The van der Waals surface area contributed by atoms with E-state index in [4.69, 9.17) is 16.3 Å². The maximum atomic E-state index is 11.5. The van der Waals surface area contributed by atoms with Crippen molar-refractivity contribution >= 4 is 39.2 Å². The van der Waals surface area contributed by atoms with Crippen molar-refractivity contribution in [2.45, 2.75) is 12.4 Å². The molecule has 88 valence electrons. The molecule has 0 aliphatic rings. The number of para-hydroxylation sites is 1. The molecule has 5 heteroatoms. The van der Waals surface area contributed by atoms with Gasteiger partial charge in [-0.2, -0.15) is 0 Å². The molecule has 0 bridgehead atoms. The Balaban J connectivity index is 2.78. The molecule has 0 aromatic heterocycles. The standard InChI is InChI=1S/C11H13BrClNO2/c1-2-16-11(15)10(13)14(8-12)9-6-4-3-5-7-9/h3-7,10H,2,8H2,1H3. The highest BCUT2D eigenvalue weighted by molar-refractivity contribution is 9.09. The molecule has 0 saturated heterocycles. The van der Waals surface area contributed by atoms with Crippen LogP contribution in [0, 0.1) is 0 Å². The van der Waals surface area contributed by atoms with Gasteiger partial charge in [-0.05, 0) is 19.1 Å². The summed E-state index contributed by atoms with van der Waals surface area (Å²) in [6.07, 6.45) is 0. The molecule has 0 fully saturated rings. The molecule has 0 spiro atoms. The summed E-state index contributed by atoms with van der Waals surface area (Å²) in [6, 6.07) is 9.45. The highest BCUT2D eigenvalue weighted by Crippen LogP contribution is 2.20. The Kier molecular flexibility index (Phi) is 5.63. The van der Waals surface area contributed by atoms with E-state index < -0.39 is 11.5 Å². The Labute approximate surface area is 108 Å².